The first kappa shape index (κ1) is 13.3. The monoisotopic (exact) mass is 279 g/mol. The summed E-state index contributed by atoms with van der Waals surface area (Å²) in [6, 6.07) is 3.87. The predicted molar refractivity (Wildman–Crippen MR) is 72.4 cm³/mol. The molecule has 19 heavy (non-hydrogen) atoms. The smallest absolute Gasteiger partial charge is 0.264 e. The van der Waals surface area contributed by atoms with Crippen LogP contribution in [0.15, 0.2) is 23.6 Å². The molecule has 2 aromatic rings. The van der Waals surface area contributed by atoms with Gasteiger partial charge in [-0.15, -0.1) is 11.3 Å². The molecule has 1 atom stereocenters. The molecular weight excluding hydrogens is 266 g/mol. The molecule has 1 amide bonds. The van der Waals surface area contributed by atoms with Crippen molar-refractivity contribution < 1.29 is 15.0 Å². The van der Waals surface area contributed by atoms with Gasteiger partial charge in [-0.25, -0.2) is 4.98 Å². The molecule has 6 nitrogen and oxygen atoms in total. The van der Waals surface area contributed by atoms with Gasteiger partial charge < -0.3 is 15.9 Å². The van der Waals surface area contributed by atoms with E-state index in [2.05, 4.69) is 10.3 Å². The number of nitrogens with two attached hydrogens (primary N) is 1. The lowest BCUT2D eigenvalue weighted by molar-refractivity contribution is 0.102. The van der Waals surface area contributed by atoms with Crippen molar-refractivity contribution in [2.24, 2.45) is 5.73 Å². The van der Waals surface area contributed by atoms with E-state index in [0.29, 0.717) is 10.8 Å². The van der Waals surface area contributed by atoms with Gasteiger partial charge in [-0.1, -0.05) is 6.07 Å². The van der Waals surface area contributed by atoms with Crippen molar-refractivity contribution in [2.75, 3.05) is 5.32 Å². The van der Waals surface area contributed by atoms with Crippen LogP contribution in [0.5, 0.6) is 11.5 Å². The van der Waals surface area contributed by atoms with E-state index in [1.54, 1.807) is 12.3 Å². The standard InChI is InChI=1S/C12H13N3O3S/c1-6(13)7-5-19-12(14-7)15-11(18)10-8(16)3-2-4-9(10)17/h2-6,16-17H,13H2,1H3,(H,14,15,18). The highest BCUT2D eigenvalue weighted by molar-refractivity contribution is 7.14. The van der Waals surface area contributed by atoms with Crippen LogP contribution in [-0.2, 0) is 0 Å². The van der Waals surface area contributed by atoms with E-state index in [-0.39, 0.29) is 23.1 Å². The van der Waals surface area contributed by atoms with Crippen LogP contribution in [-0.4, -0.2) is 21.1 Å². The van der Waals surface area contributed by atoms with Crippen LogP contribution < -0.4 is 11.1 Å². The number of rotatable bonds is 3. The number of hydrogen-bond acceptors (Lipinski definition) is 6. The molecule has 1 aromatic heterocycles. The summed E-state index contributed by atoms with van der Waals surface area (Å²) >= 11 is 1.23. The van der Waals surface area contributed by atoms with Gasteiger partial charge in [-0.05, 0) is 19.1 Å². The first-order valence-corrected chi connectivity index (χ1v) is 6.40. The topological polar surface area (TPSA) is 108 Å². The van der Waals surface area contributed by atoms with E-state index in [0.717, 1.165) is 0 Å². The summed E-state index contributed by atoms with van der Waals surface area (Å²) < 4.78 is 0. The number of hydrogen-bond donors (Lipinski definition) is 4. The SMILES string of the molecule is CC(N)c1csc(NC(=O)c2c(O)cccc2O)n1. The van der Waals surface area contributed by atoms with Crippen LogP contribution in [0, 0.1) is 0 Å². The average Bonchev–Trinajstić information content (AvgIpc) is 2.77. The second-order valence-electron chi connectivity index (χ2n) is 3.99. The largest absolute Gasteiger partial charge is 0.507 e. The quantitative estimate of drug-likeness (QED) is 0.685. The van der Waals surface area contributed by atoms with Crippen molar-refractivity contribution in [3.05, 3.63) is 34.8 Å². The molecule has 5 N–H and O–H groups in total. The highest BCUT2D eigenvalue weighted by Crippen LogP contribution is 2.28. The van der Waals surface area contributed by atoms with E-state index >= 15 is 0 Å². The zero-order chi connectivity index (χ0) is 14.0. The fraction of sp³-hybridized carbons (Fsp3) is 0.167. The molecule has 0 aliphatic rings. The Morgan fingerprint density at radius 2 is 2.05 bits per heavy atom. The zero-order valence-electron chi connectivity index (χ0n) is 10.1. The van der Waals surface area contributed by atoms with E-state index in [1.807, 2.05) is 0 Å². The number of benzene rings is 1. The molecule has 1 unspecified atom stereocenters. The van der Waals surface area contributed by atoms with Crippen molar-refractivity contribution >= 4 is 22.4 Å². The second-order valence-corrected chi connectivity index (χ2v) is 4.85. The first-order chi connectivity index (χ1) is 8.99. The Morgan fingerprint density at radius 1 is 1.42 bits per heavy atom. The summed E-state index contributed by atoms with van der Waals surface area (Å²) in [6.45, 7) is 1.79. The molecule has 7 heteroatoms. The molecule has 0 saturated carbocycles. The van der Waals surface area contributed by atoms with Gasteiger partial charge in [0.05, 0.1) is 5.69 Å². The van der Waals surface area contributed by atoms with Crippen molar-refractivity contribution in [1.29, 1.82) is 0 Å². The van der Waals surface area contributed by atoms with Crippen LogP contribution in [0.1, 0.15) is 29.0 Å². The summed E-state index contributed by atoms with van der Waals surface area (Å²) in [5.74, 6) is -1.20. The molecule has 0 radical (unpaired) electrons. The molecule has 100 valence electrons. The fourth-order valence-electron chi connectivity index (χ4n) is 1.47. The number of aromatic nitrogens is 1. The van der Waals surface area contributed by atoms with Crippen LogP contribution in [0.25, 0.3) is 0 Å². The minimum absolute atomic E-state index is 0.181. The Labute approximate surface area is 113 Å². The van der Waals surface area contributed by atoms with Gasteiger partial charge in [-0.3, -0.25) is 10.1 Å². The van der Waals surface area contributed by atoms with Crippen LogP contribution >= 0.6 is 11.3 Å². The van der Waals surface area contributed by atoms with Crippen molar-refractivity contribution in [3.63, 3.8) is 0 Å². The van der Waals surface area contributed by atoms with Gasteiger partial charge in [0.2, 0.25) is 0 Å². The maximum Gasteiger partial charge on any atom is 0.264 e. The van der Waals surface area contributed by atoms with E-state index in [4.69, 9.17) is 5.73 Å². The number of nitrogens with zero attached hydrogens (tertiary/aromatic N) is 1. The van der Waals surface area contributed by atoms with Gasteiger partial charge in [-0.2, -0.15) is 0 Å². The normalized spacial score (nSPS) is 12.1. The third-order valence-corrected chi connectivity index (χ3v) is 3.23. The molecule has 0 saturated heterocycles. The van der Waals surface area contributed by atoms with Gasteiger partial charge in [0.15, 0.2) is 5.13 Å². The third-order valence-electron chi connectivity index (χ3n) is 2.46. The van der Waals surface area contributed by atoms with Crippen LogP contribution in [0.4, 0.5) is 5.13 Å². The van der Waals surface area contributed by atoms with Crippen LogP contribution in [0.2, 0.25) is 0 Å². The molecule has 0 aliphatic heterocycles. The Kier molecular flexibility index (Phi) is 3.68. The van der Waals surface area contributed by atoms with E-state index in [9.17, 15) is 15.0 Å². The lowest BCUT2D eigenvalue weighted by atomic mass is 10.1. The van der Waals surface area contributed by atoms with Crippen LogP contribution in [0.3, 0.4) is 0 Å². The molecule has 1 heterocycles. The van der Waals surface area contributed by atoms with Gasteiger partial charge in [0.1, 0.15) is 17.1 Å². The van der Waals surface area contributed by atoms with E-state index in [1.165, 1.54) is 29.5 Å². The number of anilines is 1. The predicted octanol–water partition coefficient (Wildman–Crippen LogP) is 1.83. The van der Waals surface area contributed by atoms with Gasteiger partial charge in [0, 0.05) is 11.4 Å². The Bertz CT molecular complexity index is 590. The van der Waals surface area contributed by atoms with Crippen molar-refractivity contribution in [2.45, 2.75) is 13.0 Å². The highest BCUT2D eigenvalue weighted by Gasteiger charge is 2.17. The number of phenols is 2. The number of thiazole rings is 1. The maximum atomic E-state index is 11.9. The second kappa shape index (κ2) is 5.25. The minimum Gasteiger partial charge on any atom is -0.507 e. The Hall–Kier alpha value is -2.12. The summed E-state index contributed by atoms with van der Waals surface area (Å²) in [7, 11) is 0. The van der Waals surface area contributed by atoms with Crippen molar-refractivity contribution in [3.8, 4) is 11.5 Å². The molecule has 0 aliphatic carbocycles. The summed E-state index contributed by atoms with van der Waals surface area (Å²) in [6.07, 6.45) is 0. The molecule has 1 aromatic carbocycles. The summed E-state index contributed by atoms with van der Waals surface area (Å²) in [4.78, 5) is 16.1. The molecular formula is C12H13N3O3S. The number of carbonyl (C=O) groups is 1. The number of carbonyl (C=O) groups excluding carboxylic acids is 1. The minimum atomic E-state index is -0.624. The number of phenolic OH excluding ortho intramolecular Hbond substituents is 2. The zero-order valence-corrected chi connectivity index (χ0v) is 10.9. The fourth-order valence-corrected chi connectivity index (χ4v) is 2.28. The van der Waals surface area contributed by atoms with E-state index < -0.39 is 5.91 Å². The highest BCUT2D eigenvalue weighted by atomic mass is 32.1. The molecule has 0 bridgehead atoms. The number of aromatic hydroxyl groups is 2. The lowest BCUT2D eigenvalue weighted by Gasteiger charge is -2.06. The number of nitrogens with one attached hydrogen (secondary N) is 1. The Morgan fingerprint density at radius 3 is 2.58 bits per heavy atom. The Balaban J connectivity index is 2.21. The van der Waals surface area contributed by atoms with Crippen molar-refractivity contribution in [1.82, 2.24) is 4.98 Å². The van der Waals surface area contributed by atoms with Gasteiger partial charge >= 0.3 is 0 Å². The lowest BCUT2D eigenvalue weighted by Crippen LogP contribution is -2.13. The summed E-state index contributed by atoms with van der Waals surface area (Å²) in [5, 5.41) is 23.8. The molecule has 0 fully saturated rings. The molecule has 2 rings (SSSR count). The summed E-state index contributed by atoms with van der Waals surface area (Å²) in [5.41, 5.74) is 6.16. The van der Waals surface area contributed by atoms with Gasteiger partial charge in [0.25, 0.3) is 5.91 Å². The number of amides is 1. The first-order valence-electron chi connectivity index (χ1n) is 5.52. The maximum absolute atomic E-state index is 11.9. The third kappa shape index (κ3) is 2.83. The average molecular weight is 279 g/mol. The molecule has 0 spiro atoms.